The second kappa shape index (κ2) is 6.53. The lowest BCUT2D eigenvalue weighted by Crippen LogP contribution is -2.34. The fourth-order valence-electron chi connectivity index (χ4n) is 2.73. The molecule has 0 amide bonds. The van der Waals surface area contributed by atoms with Gasteiger partial charge in [0.1, 0.15) is 6.61 Å². The minimum atomic E-state index is -0.0681. The van der Waals surface area contributed by atoms with Crippen LogP contribution in [-0.2, 0) is 6.54 Å². The van der Waals surface area contributed by atoms with Crippen LogP contribution in [0.25, 0.3) is 0 Å². The Labute approximate surface area is 119 Å². The Balaban J connectivity index is 1.93. The molecule has 0 radical (unpaired) electrons. The van der Waals surface area contributed by atoms with Gasteiger partial charge in [0.25, 0.3) is 0 Å². The van der Waals surface area contributed by atoms with Gasteiger partial charge >= 0.3 is 0 Å². The fourth-order valence-corrected chi connectivity index (χ4v) is 3.65. The molecule has 1 aromatic heterocycles. The van der Waals surface area contributed by atoms with Gasteiger partial charge in [-0.1, -0.05) is 18.8 Å². The van der Waals surface area contributed by atoms with Gasteiger partial charge in [-0.15, -0.1) is 11.3 Å². The summed E-state index contributed by atoms with van der Waals surface area (Å²) in [6.45, 7) is 5.58. The van der Waals surface area contributed by atoms with Crippen LogP contribution in [0.5, 0.6) is 0 Å². The molecule has 0 spiro atoms. The number of hydrogen-bond donors (Lipinski definition) is 1. The minimum Gasteiger partial charge on any atom is -0.384 e. The van der Waals surface area contributed by atoms with E-state index in [0.29, 0.717) is 6.04 Å². The van der Waals surface area contributed by atoms with Crippen LogP contribution in [0.4, 0.5) is 0 Å². The molecule has 104 valence electrons. The highest BCUT2D eigenvalue weighted by atomic mass is 32.1. The first-order valence-electron chi connectivity index (χ1n) is 6.67. The Morgan fingerprint density at radius 2 is 2.21 bits per heavy atom. The van der Waals surface area contributed by atoms with Gasteiger partial charge in [-0.3, -0.25) is 4.90 Å². The van der Waals surface area contributed by atoms with Gasteiger partial charge in [-0.25, -0.2) is 0 Å². The highest BCUT2D eigenvalue weighted by Crippen LogP contribution is 2.24. The van der Waals surface area contributed by atoms with E-state index in [1.807, 2.05) is 6.07 Å². The molecule has 1 N–H and O–H groups in total. The molecule has 1 aliphatic rings. The summed E-state index contributed by atoms with van der Waals surface area (Å²) in [5.41, 5.74) is 0. The van der Waals surface area contributed by atoms with Crippen molar-refractivity contribution in [3.8, 4) is 11.8 Å². The van der Waals surface area contributed by atoms with Crippen LogP contribution in [0.1, 0.15) is 16.7 Å². The summed E-state index contributed by atoms with van der Waals surface area (Å²) in [5.74, 6) is 6.39. The third-order valence-electron chi connectivity index (χ3n) is 3.64. The number of hydrogen-bond acceptors (Lipinski definition) is 4. The minimum absolute atomic E-state index is 0.0681. The van der Waals surface area contributed by atoms with Gasteiger partial charge < -0.3 is 10.0 Å². The van der Waals surface area contributed by atoms with Gasteiger partial charge in [-0.2, -0.15) is 0 Å². The van der Waals surface area contributed by atoms with Crippen LogP contribution >= 0.6 is 11.3 Å². The van der Waals surface area contributed by atoms with Crippen LogP contribution < -0.4 is 0 Å². The van der Waals surface area contributed by atoms with Gasteiger partial charge in [0.05, 0.1) is 4.88 Å². The fraction of sp³-hybridized carbons (Fsp3) is 0.600. The maximum atomic E-state index is 8.69. The van der Waals surface area contributed by atoms with Crippen molar-refractivity contribution in [2.24, 2.45) is 5.92 Å². The van der Waals surface area contributed by atoms with Gasteiger partial charge in [-0.05, 0) is 32.1 Å². The van der Waals surface area contributed by atoms with Crippen molar-refractivity contribution in [3.63, 3.8) is 0 Å². The van der Waals surface area contributed by atoms with Crippen molar-refractivity contribution in [2.45, 2.75) is 19.5 Å². The molecule has 2 unspecified atom stereocenters. The lowest BCUT2D eigenvalue weighted by Gasteiger charge is -2.22. The molecule has 1 aliphatic heterocycles. The largest absolute Gasteiger partial charge is 0.384 e. The van der Waals surface area contributed by atoms with E-state index in [2.05, 4.69) is 48.7 Å². The van der Waals surface area contributed by atoms with Crippen molar-refractivity contribution < 1.29 is 5.11 Å². The average Bonchev–Trinajstić information content (AvgIpc) is 2.94. The normalized spacial score (nSPS) is 23.6. The zero-order valence-electron chi connectivity index (χ0n) is 11.9. The summed E-state index contributed by atoms with van der Waals surface area (Å²) in [7, 11) is 4.33. The first-order chi connectivity index (χ1) is 9.10. The number of likely N-dealkylation sites (N-methyl/N-ethyl adjacent to an activating group) is 1. The Bertz CT molecular complexity index is 472. The Morgan fingerprint density at radius 3 is 2.84 bits per heavy atom. The predicted octanol–water partition coefficient (Wildman–Crippen LogP) is 1.47. The highest BCUT2D eigenvalue weighted by molar-refractivity contribution is 7.12. The van der Waals surface area contributed by atoms with E-state index in [1.165, 1.54) is 11.4 Å². The topological polar surface area (TPSA) is 26.7 Å². The lowest BCUT2D eigenvalue weighted by atomic mass is 10.1. The Hall–Kier alpha value is -0.860. The smallest absolute Gasteiger partial charge is 0.104 e. The summed E-state index contributed by atoms with van der Waals surface area (Å²) in [6, 6.07) is 4.86. The van der Waals surface area contributed by atoms with E-state index >= 15 is 0 Å². The molecule has 0 aliphatic carbocycles. The monoisotopic (exact) mass is 278 g/mol. The summed E-state index contributed by atoms with van der Waals surface area (Å²) >= 11 is 1.73. The number of rotatable bonds is 3. The average molecular weight is 278 g/mol. The molecule has 19 heavy (non-hydrogen) atoms. The second-order valence-electron chi connectivity index (χ2n) is 5.43. The third-order valence-corrected chi connectivity index (χ3v) is 4.63. The summed E-state index contributed by atoms with van der Waals surface area (Å²) in [6.07, 6.45) is 0. The molecule has 0 saturated carbocycles. The predicted molar refractivity (Wildman–Crippen MR) is 80.2 cm³/mol. The first-order valence-corrected chi connectivity index (χ1v) is 7.49. The zero-order chi connectivity index (χ0) is 13.8. The zero-order valence-corrected chi connectivity index (χ0v) is 12.7. The molecule has 1 saturated heterocycles. The maximum Gasteiger partial charge on any atom is 0.104 e. The molecular formula is C15H22N2OS. The molecule has 1 aromatic rings. The molecule has 3 nitrogen and oxygen atoms in total. The summed E-state index contributed by atoms with van der Waals surface area (Å²) < 4.78 is 0. The molecular weight excluding hydrogens is 256 g/mol. The number of nitrogens with zero attached hydrogens (tertiary/aromatic N) is 2. The third kappa shape index (κ3) is 3.80. The SMILES string of the molecule is CC1CN(Cc2ccc(C#CCO)s2)CC1N(C)C. The molecule has 1 fully saturated rings. The standard InChI is InChI=1S/C15H22N2OS/c1-12-9-17(11-15(12)16(2)3)10-14-7-6-13(19-14)5-4-8-18/h6-7,12,15,18H,8-11H2,1-3H3. The van der Waals surface area contributed by atoms with Crippen molar-refractivity contribution in [2.75, 3.05) is 33.8 Å². The van der Waals surface area contributed by atoms with Crippen molar-refractivity contribution >= 4 is 11.3 Å². The van der Waals surface area contributed by atoms with Crippen LogP contribution in [0, 0.1) is 17.8 Å². The number of thiophene rings is 1. The number of likely N-dealkylation sites (tertiary alicyclic amines) is 1. The Morgan fingerprint density at radius 1 is 1.42 bits per heavy atom. The number of aliphatic hydroxyl groups is 1. The van der Waals surface area contributed by atoms with Crippen molar-refractivity contribution in [3.05, 3.63) is 21.9 Å². The van der Waals surface area contributed by atoms with Gasteiger partial charge in [0.15, 0.2) is 0 Å². The second-order valence-corrected chi connectivity index (χ2v) is 6.60. The Kier molecular flexibility index (Phi) is 5.00. The van der Waals surface area contributed by atoms with E-state index in [4.69, 9.17) is 5.11 Å². The number of aliphatic hydroxyl groups excluding tert-OH is 1. The first kappa shape index (κ1) is 14.5. The van der Waals surface area contributed by atoms with Crippen LogP contribution in [0.15, 0.2) is 12.1 Å². The highest BCUT2D eigenvalue weighted by Gasteiger charge is 2.30. The van der Waals surface area contributed by atoms with Gasteiger partial charge in [0.2, 0.25) is 0 Å². The van der Waals surface area contributed by atoms with E-state index < -0.39 is 0 Å². The summed E-state index contributed by atoms with van der Waals surface area (Å²) in [4.78, 5) is 7.25. The maximum absolute atomic E-state index is 8.69. The van der Waals surface area contributed by atoms with E-state index in [0.717, 1.165) is 23.9 Å². The lowest BCUT2D eigenvalue weighted by molar-refractivity contribution is 0.251. The van der Waals surface area contributed by atoms with Crippen molar-refractivity contribution in [1.82, 2.24) is 9.80 Å². The summed E-state index contributed by atoms with van der Waals surface area (Å²) in [5, 5.41) is 8.69. The molecule has 2 atom stereocenters. The van der Waals surface area contributed by atoms with E-state index in [1.54, 1.807) is 11.3 Å². The molecule has 4 heteroatoms. The van der Waals surface area contributed by atoms with Crippen LogP contribution in [0.2, 0.25) is 0 Å². The van der Waals surface area contributed by atoms with Crippen molar-refractivity contribution in [1.29, 1.82) is 0 Å². The van der Waals surface area contributed by atoms with Gasteiger partial charge in [0, 0.05) is 30.6 Å². The molecule has 2 heterocycles. The van der Waals surface area contributed by atoms with E-state index in [9.17, 15) is 0 Å². The molecule has 0 bridgehead atoms. The van der Waals surface area contributed by atoms with E-state index in [-0.39, 0.29) is 6.61 Å². The van der Waals surface area contributed by atoms with Crippen LogP contribution in [0.3, 0.4) is 0 Å². The molecule has 0 aromatic carbocycles. The molecule has 2 rings (SSSR count). The van der Waals surface area contributed by atoms with Crippen LogP contribution in [-0.4, -0.2) is 54.7 Å². The quantitative estimate of drug-likeness (QED) is 0.848.